The van der Waals surface area contributed by atoms with E-state index in [9.17, 15) is 0 Å². The average molecular weight is 338 g/mol. The zero-order chi connectivity index (χ0) is 14.1. The summed E-state index contributed by atoms with van der Waals surface area (Å²) < 4.78 is 1.17. The summed E-state index contributed by atoms with van der Waals surface area (Å²) in [5.74, 6) is 1.14. The summed E-state index contributed by atoms with van der Waals surface area (Å²) in [4.78, 5) is 7.21. The number of fused-ring (bicyclic) bond motifs is 2. The number of anilines is 1. The maximum Gasteiger partial charge on any atom is 0.143 e. The lowest BCUT2D eigenvalue weighted by Crippen LogP contribution is -2.49. The Morgan fingerprint density at radius 1 is 1.35 bits per heavy atom. The van der Waals surface area contributed by atoms with E-state index >= 15 is 0 Å². The van der Waals surface area contributed by atoms with E-state index in [2.05, 4.69) is 51.0 Å². The molecule has 1 aromatic heterocycles. The first kappa shape index (κ1) is 14.3. The zero-order valence-electron chi connectivity index (χ0n) is 12.4. The average Bonchev–Trinajstić information content (AvgIpc) is 2.78. The van der Waals surface area contributed by atoms with Crippen LogP contribution in [0.25, 0.3) is 0 Å². The molecule has 0 amide bonds. The van der Waals surface area contributed by atoms with Crippen molar-refractivity contribution in [2.45, 2.75) is 64.1 Å². The highest BCUT2D eigenvalue weighted by Gasteiger charge is 2.36. The SMILES string of the molecule is CCCN(c1nccc(C)c1Br)C1CC2CCC(C1)N2. The van der Waals surface area contributed by atoms with Gasteiger partial charge in [-0.1, -0.05) is 6.92 Å². The Hall–Kier alpha value is -0.610. The van der Waals surface area contributed by atoms with E-state index in [1.807, 2.05) is 6.20 Å². The number of halogens is 1. The number of nitrogens with one attached hydrogen (secondary N) is 1. The molecule has 110 valence electrons. The van der Waals surface area contributed by atoms with Crippen LogP contribution in [-0.2, 0) is 0 Å². The van der Waals surface area contributed by atoms with E-state index in [-0.39, 0.29) is 0 Å². The zero-order valence-corrected chi connectivity index (χ0v) is 14.0. The highest BCUT2D eigenvalue weighted by Crippen LogP contribution is 2.35. The van der Waals surface area contributed by atoms with Gasteiger partial charge in [0.05, 0.1) is 4.47 Å². The van der Waals surface area contributed by atoms with Crippen LogP contribution in [0.4, 0.5) is 5.82 Å². The molecule has 3 nitrogen and oxygen atoms in total. The Bertz CT molecular complexity index is 465. The first-order valence-corrected chi connectivity index (χ1v) is 8.62. The number of pyridine rings is 1. The van der Waals surface area contributed by atoms with Gasteiger partial charge in [0.15, 0.2) is 0 Å². The van der Waals surface area contributed by atoms with Crippen LogP contribution in [0.5, 0.6) is 0 Å². The number of rotatable bonds is 4. The van der Waals surface area contributed by atoms with Crippen LogP contribution in [0.1, 0.15) is 44.6 Å². The molecule has 4 heteroatoms. The molecule has 20 heavy (non-hydrogen) atoms. The predicted octanol–water partition coefficient (Wildman–Crippen LogP) is 3.65. The number of aryl methyl sites for hydroxylation is 1. The van der Waals surface area contributed by atoms with Gasteiger partial charge in [0.2, 0.25) is 0 Å². The molecule has 2 bridgehead atoms. The van der Waals surface area contributed by atoms with Gasteiger partial charge in [-0.25, -0.2) is 4.98 Å². The summed E-state index contributed by atoms with van der Waals surface area (Å²) in [6.07, 6.45) is 8.33. The maximum atomic E-state index is 4.66. The highest BCUT2D eigenvalue weighted by atomic mass is 79.9. The van der Waals surface area contributed by atoms with Gasteiger partial charge >= 0.3 is 0 Å². The standard InChI is InChI=1S/C16H24BrN3/c1-3-8-20(16-15(17)11(2)6-7-18-16)14-9-12-4-5-13(10-14)19-12/h6-7,12-14,19H,3-5,8-10H2,1-2H3. The van der Waals surface area contributed by atoms with Crippen molar-refractivity contribution < 1.29 is 0 Å². The summed E-state index contributed by atoms with van der Waals surface area (Å²) in [6.45, 7) is 5.50. The third-order valence-electron chi connectivity index (χ3n) is 4.69. The fraction of sp³-hybridized carbons (Fsp3) is 0.688. The van der Waals surface area contributed by atoms with E-state index in [0.29, 0.717) is 6.04 Å². The van der Waals surface area contributed by atoms with E-state index in [1.54, 1.807) is 0 Å². The van der Waals surface area contributed by atoms with Crippen molar-refractivity contribution in [1.82, 2.24) is 10.3 Å². The van der Waals surface area contributed by atoms with Crippen molar-refractivity contribution in [1.29, 1.82) is 0 Å². The van der Waals surface area contributed by atoms with Gasteiger partial charge in [-0.2, -0.15) is 0 Å². The minimum Gasteiger partial charge on any atom is -0.353 e. The van der Waals surface area contributed by atoms with Crippen molar-refractivity contribution >= 4 is 21.7 Å². The Balaban J connectivity index is 1.86. The third kappa shape index (κ3) is 2.73. The first-order valence-electron chi connectivity index (χ1n) is 7.82. The molecule has 2 atom stereocenters. The van der Waals surface area contributed by atoms with Crippen LogP contribution >= 0.6 is 15.9 Å². The number of hydrogen-bond acceptors (Lipinski definition) is 3. The molecule has 0 aliphatic carbocycles. The Labute approximate surface area is 130 Å². The molecule has 0 aromatic carbocycles. The Morgan fingerprint density at radius 2 is 2.05 bits per heavy atom. The normalized spacial score (nSPS) is 28.6. The first-order chi connectivity index (χ1) is 9.69. The molecule has 2 aliphatic heterocycles. The fourth-order valence-electron chi connectivity index (χ4n) is 3.71. The molecule has 0 radical (unpaired) electrons. The van der Waals surface area contributed by atoms with E-state index < -0.39 is 0 Å². The summed E-state index contributed by atoms with van der Waals surface area (Å²) in [7, 11) is 0. The quantitative estimate of drug-likeness (QED) is 0.908. The molecular formula is C16H24BrN3. The molecule has 2 saturated heterocycles. The molecule has 0 spiro atoms. The van der Waals surface area contributed by atoms with E-state index in [1.165, 1.54) is 42.1 Å². The summed E-state index contributed by atoms with van der Waals surface area (Å²) in [5.41, 5.74) is 1.27. The topological polar surface area (TPSA) is 28.2 Å². The van der Waals surface area contributed by atoms with Gasteiger partial charge in [0.1, 0.15) is 5.82 Å². The van der Waals surface area contributed by atoms with Crippen LogP contribution < -0.4 is 10.2 Å². The predicted molar refractivity (Wildman–Crippen MR) is 87.3 cm³/mol. The van der Waals surface area contributed by atoms with Crippen LogP contribution in [-0.4, -0.2) is 29.7 Å². The lowest BCUT2D eigenvalue weighted by Gasteiger charge is -2.39. The van der Waals surface area contributed by atoms with Crippen LogP contribution in [0.2, 0.25) is 0 Å². The molecule has 2 aliphatic rings. The van der Waals surface area contributed by atoms with Crippen molar-refractivity contribution in [2.24, 2.45) is 0 Å². The van der Waals surface area contributed by atoms with Gasteiger partial charge in [-0.3, -0.25) is 0 Å². The van der Waals surface area contributed by atoms with E-state index in [4.69, 9.17) is 0 Å². The van der Waals surface area contributed by atoms with Crippen molar-refractivity contribution in [3.8, 4) is 0 Å². The molecule has 3 heterocycles. The Kier molecular flexibility index (Phi) is 4.32. The molecule has 2 unspecified atom stereocenters. The van der Waals surface area contributed by atoms with Gasteiger partial charge < -0.3 is 10.2 Å². The van der Waals surface area contributed by atoms with Gasteiger partial charge in [0.25, 0.3) is 0 Å². The van der Waals surface area contributed by atoms with Crippen LogP contribution in [0.3, 0.4) is 0 Å². The van der Waals surface area contributed by atoms with Crippen LogP contribution in [0.15, 0.2) is 16.7 Å². The smallest absolute Gasteiger partial charge is 0.143 e. The van der Waals surface area contributed by atoms with Gasteiger partial charge in [0, 0.05) is 30.9 Å². The lowest BCUT2D eigenvalue weighted by atomic mass is 9.97. The molecule has 1 aromatic rings. The lowest BCUT2D eigenvalue weighted by molar-refractivity contribution is 0.345. The number of piperidine rings is 1. The Morgan fingerprint density at radius 3 is 2.70 bits per heavy atom. The second kappa shape index (κ2) is 6.02. The fourth-order valence-corrected chi connectivity index (χ4v) is 4.17. The van der Waals surface area contributed by atoms with E-state index in [0.717, 1.165) is 24.4 Å². The van der Waals surface area contributed by atoms with Crippen molar-refractivity contribution in [3.63, 3.8) is 0 Å². The van der Waals surface area contributed by atoms with Gasteiger partial charge in [-0.05, 0) is 66.6 Å². The molecule has 1 N–H and O–H groups in total. The largest absolute Gasteiger partial charge is 0.353 e. The third-order valence-corrected chi connectivity index (χ3v) is 5.67. The summed E-state index contributed by atoms with van der Waals surface area (Å²) in [6, 6.07) is 4.16. The maximum absolute atomic E-state index is 4.66. The molecule has 0 saturated carbocycles. The minimum atomic E-state index is 0.638. The molecule has 3 rings (SSSR count). The van der Waals surface area contributed by atoms with Crippen LogP contribution in [0, 0.1) is 6.92 Å². The minimum absolute atomic E-state index is 0.638. The summed E-state index contributed by atoms with van der Waals surface area (Å²) >= 11 is 3.74. The molecular weight excluding hydrogens is 314 g/mol. The van der Waals surface area contributed by atoms with Crippen molar-refractivity contribution in [3.05, 3.63) is 22.3 Å². The number of nitrogens with zero attached hydrogens (tertiary/aromatic N) is 2. The second-order valence-electron chi connectivity index (χ2n) is 6.22. The second-order valence-corrected chi connectivity index (χ2v) is 7.01. The summed E-state index contributed by atoms with van der Waals surface area (Å²) in [5, 5.41) is 3.74. The highest BCUT2D eigenvalue weighted by molar-refractivity contribution is 9.10. The molecule has 2 fully saturated rings. The van der Waals surface area contributed by atoms with Gasteiger partial charge in [-0.15, -0.1) is 0 Å². The monoisotopic (exact) mass is 337 g/mol. The number of aromatic nitrogens is 1. The number of hydrogen-bond donors (Lipinski definition) is 1. The van der Waals surface area contributed by atoms with Crippen molar-refractivity contribution in [2.75, 3.05) is 11.4 Å².